The molecule has 23 nitrogen and oxygen atoms in total. The van der Waals surface area contributed by atoms with Gasteiger partial charge in [0.05, 0.1) is 45.0 Å². The molecule has 28 heteroatoms. The molecular formula is C43H49FN11O12P2SSi+. The lowest BCUT2D eigenvalue weighted by molar-refractivity contribution is -0.0560. The van der Waals surface area contributed by atoms with E-state index in [9.17, 15) is 29.4 Å². The highest BCUT2D eigenvalue weighted by Gasteiger charge is 2.55. The Hall–Kier alpha value is -5.49. The van der Waals surface area contributed by atoms with Crippen molar-refractivity contribution in [2.75, 3.05) is 30.5 Å². The molecule has 6 heterocycles. The number of anilines is 2. The van der Waals surface area contributed by atoms with E-state index in [4.69, 9.17) is 43.8 Å². The quantitative estimate of drug-likeness (QED) is 0.0394. The number of aliphatic hydroxyl groups is 1. The lowest BCUT2D eigenvalue weighted by Gasteiger charge is -2.41. The highest BCUT2D eigenvalue weighted by Crippen LogP contribution is 2.56. The first-order valence-corrected chi connectivity index (χ1v) is 28.6. The van der Waals surface area contributed by atoms with Gasteiger partial charge in [-0.15, -0.1) is 9.42 Å². The summed E-state index contributed by atoms with van der Waals surface area (Å²) in [5, 5.41) is 25.5. The predicted octanol–water partition coefficient (Wildman–Crippen LogP) is 6.28. The Kier molecular flexibility index (Phi) is 15.8. The molecule has 374 valence electrons. The van der Waals surface area contributed by atoms with Gasteiger partial charge in [-0.25, -0.2) is 34.3 Å². The van der Waals surface area contributed by atoms with Crippen LogP contribution in [0.5, 0.6) is 0 Å². The van der Waals surface area contributed by atoms with Gasteiger partial charge in [0.1, 0.15) is 37.1 Å². The van der Waals surface area contributed by atoms with Gasteiger partial charge in [0.2, 0.25) is 0 Å². The Morgan fingerprint density at radius 3 is 1.89 bits per heavy atom. The number of fused-ring (bicyclic) bond motifs is 2. The summed E-state index contributed by atoms with van der Waals surface area (Å²) in [6.45, 7) is 4.38. The van der Waals surface area contributed by atoms with Crippen molar-refractivity contribution in [1.29, 1.82) is 5.26 Å². The molecule has 0 aliphatic carbocycles. The summed E-state index contributed by atoms with van der Waals surface area (Å²) in [6, 6.07) is 18.8. The van der Waals surface area contributed by atoms with Crippen molar-refractivity contribution >= 4 is 80.9 Å². The van der Waals surface area contributed by atoms with Crippen LogP contribution in [-0.2, 0) is 48.4 Å². The molecule has 0 bridgehead atoms. The Morgan fingerprint density at radius 1 is 0.845 bits per heavy atom. The van der Waals surface area contributed by atoms with Crippen LogP contribution in [-0.4, -0.2) is 126 Å². The lowest BCUT2D eigenvalue weighted by Crippen LogP contribution is -2.50. The standard InChI is InChI=1S/C43H48FN11O12P2SSi/c1-43(2,3)71(4,5)67-33-27(19-56)63-42(55-24-51-31-36(47-22-49-38(31)55)53-40(58)26-15-10-7-11-16-26)34(33)66-69(70,61-18-12-17-45)62-20-28-32(65-68(59)60)29(44)41(64-28)54-23-50-30-35(46-21-48-37(30)54)52-39(57)25-13-8-6-9-14-25/h6-11,13-16,21-24,27-29,32-34,41-42,56H,12,18-20H2,1-5H3,(H2-,46,47,48,49,52,53,57,58,59,60)/p+1/t27-,28-,29-,32-,33-,34?,41-,42-,69?/m1/s1. The summed E-state index contributed by atoms with van der Waals surface area (Å²) < 4.78 is 75.5. The molecular weight excluding hydrogens is 1000 g/mol. The molecule has 2 aliphatic rings. The van der Waals surface area contributed by atoms with Crippen LogP contribution in [0.15, 0.2) is 86.0 Å². The second-order valence-corrected chi connectivity index (χ2v) is 26.1. The fourth-order valence-corrected chi connectivity index (χ4v) is 11.4. The predicted molar refractivity (Wildman–Crippen MR) is 257 cm³/mol. The van der Waals surface area contributed by atoms with Crippen molar-refractivity contribution in [3.63, 3.8) is 0 Å². The normalized spacial score (nSPS) is 23.6. The first-order valence-electron chi connectivity index (χ1n) is 22.0. The summed E-state index contributed by atoms with van der Waals surface area (Å²) >= 11 is 6.05. The maximum atomic E-state index is 16.7. The molecule has 4 N–H and O–H groups in total. The number of aliphatic hydroxyl groups excluding tert-OH is 1. The third kappa shape index (κ3) is 11.3. The summed E-state index contributed by atoms with van der Waals surface area (Å²) in [6.07, 6.45) is -6.74. The number of hydrogen-bond acceptors (Lipinski definition) is 19. The van der Waals surface area contributed by atoms with E-state index >= 15 is 4.39 Å². The van der Waals surface area contributed by atoms with E-state index in [1.54, 1.807) is 60.7 Å². The maximum Gasteiger partial charge on any atom is 0.695 e. The number of nitrogens with zero attached hydrogens (tertiary/aromatic N) is 9. The van der Waals surface area contributed by atoms with Crippen molar-refractivity contribution in [3.8, 4) is 6.07 Å². The Bertz CT molecular complexity index is 2990. The lowest BCUT2D eigenvalue weighted by atomic mass is 10.1. The van der Waals surface area contributed by atoms with Gasteiger partial charge in [-0.3, -0.25) is 23.2 Å². The molecule has 0 radical (unpaired) electrons. The fraction of sp³-hybridized carbons (Fsp3) is 0.419. The number of carbonyl (C=O) groups excluding carboxylic acids is 2. The molecule has 3 unspecified atom stereocenters. The molecule has 10 atom stereocenters. The van der Waals surface area contributed by atoms with Crippen molar-refractivity contribution in [2.24, 2.45) is 0 Å². The fourth-order valence-electron chi connectivity index (χ4n) is 7.55. The molecule has 0 saturated carbocycles. The van der Waals surface area contributed by atoms with Gasteiger partial charge in [0.25, 0.3) is 11.8 Å². The summed E-state index contributed by atoms with van der Waals surface area (Å²) in [7, 11) is -6.15. The number of rotatable bonds is 19. The van der Waals surface area contributed by atoms with Crippen molar-refractivity contribution in [1.82, 2.24) is 39.0 Å². The van der Waals surface area contributed by atoms with Crippen LogP contribution in [0.1, 0.15) is 60.4 Å². The van der Waals surface area contributed by atoms with Crippen LogP contribution in [0.4, 0.5) is 16.0 Å². The molecule has 2 aromatic carbocycles. The largest absolute Gasteiger partial charge is 0.695 e. The van der Waals surface area contributed by atoms with Crippen LogP contribution in [0.3, 0.4) is 0 Å². The van der Waals surface area contributed by atoms with Gasteiger partial charge >= 0.3 is 15.0 Å². The van der Waals surface area contributed by atoms with E-state index in [2.05, 4.69) is 40.5 Å². The van der Waals surface area contributed by atoms with E-state index in [1.807, 2.05) is 39.9 Å². The minimum Gasteiger partial charge on any atom is -0.408 e. The summed E-state index contributed by atoms with van der Waals surface area (Å²) in [4.78, 5) is 62.1. The number of alkyl halides is 1. The zero-order valence-corrected chi connectivity index (χ0v) is 42.3. The Balaban J connectivity index is 1.10. The van der Waals surface area contributed by atoms with Gasteiger partial charge in [-0.2, -0.15) is 5.26 Å². The second kappa shape index (κ2) is 21.7. The van der Waals surface area contributed by atoms with Gasteiger partial charge in [-0.05, 0) is 54.2 Å². The molecule has 8 rings (SSSR count). The third-order valence-electron chi connectivity index (χ3n) is 12.1. The SMILES string of the molecule is CC(C)(C)[Si](C)(C)O[C@H]1C(OP(=S)(OCCC#N)OC[C@H]2O[C@@H](n3cnc4c(NC(=O)c5ccccc5)ncnc43)[C@H](F)[C@@H]2O[P+](=O)O)[C@H](n2cnc3c(NC(=O)c4ccccc4)ncnc32)O[C@@H]1CO. The van der Waals surface area contributed by atoms with Gasteiger partial charge in [0, 0.05) is 15.7 Å². The molecule has 4 aromatic heterocycles. The molecule has 71 heavy (non-hydrogen) atoms. The number of nitrogens with one attached hydrogen (secondary N) is 2. The van der Waals surface area contributed by atoms with Crippen LogP contribution in [0.2, 0.25) is 18.1 Å². The smallest absolute Gasteiger partial charge is 0.408 e. The number of nitriles is 1. The number of carbonyl (C=O) groups is 2. The third-order valence-corrected chi connectivity index (χ3v) is 19.3. The summed E-state index contributed by atoms with van der Waals surface area (Å²) in [5.74, 6) is -0.822. The van der Waals surface area contributed by atoms with E-state index in [0.29, 0.717) is 11.1 Å². The highest BCUT2D eigenvalue weighted by molar-refractivity contribution is 8.07. The van der Waals surface area contributed by atoms with Gasteiger partial charge in [0.15, 0.2) is 67.0 Å². The van der Waals surface area contributed by atoms with Crippen molar-refractivity contribution in [2.45, 2.75) is 94.5 Å². The summed E-state index contributed by atoms with van der Waals surface area (Å²) in [5.41, 5.74) is 1.21. The maximum absolute atomic E-state index is 16.7. The van der Waals surface area contributed by atoms with Crippen LogP contribution < -0.4 is 10.6 Å². The first-order chi connectivity index (χ1) is 33.9. The average molecular weight is 1050 g/mol. The molecule has 2 fully saturated rings. The number of hydrogen-bond donors (Lipinski definition) is 4. The topological polar surface area (TPSA) is 291 Å². The molecule has 6 aromatic rings. The van der Waals surface area contributed by atoms with Crippen molar-refractivity contribution in [3.05, 3.63) is 97.1 Å². The number of halogens is 1. The zero-order valence-electron chi connectivity index (χ0n) is 38.7. The van der Waals surface area contributed by atoms with Crippen molar-refractivity contribution < 1.29 is 60.5 Å². The van der Waals surface area contributed by atoms with E-state index in [0.717, 1.165) is 6.33 Å². The zero-order chi connectivity index (χ0) is 50.7. The number of benzene rings is 2. The highest BCUT2D eigenvalue weighted by atomic mass is 32.5. The number of aromatic nitrogens is 8. The van der Waals surface area contributed by atoms with E-state index < -0.39 is 97.5 Å². The first kappa shape index (κ1) is 51.8. The Morgan fingerprint density at radius 2 is 1.38 bits per heavy atom. The number of ether oxygens (including phenoxy) is 2. The minimum absolute atomic E-state index is 0.0226. The molecule has 2 amide bonds. The monoisotopic (exact) mass is 1050 g/mol. The number of amides is 2. The van der Waals surface area contributed by atoms with E-state index in [1.165, 1.54) is 28.1 Å². The minimum atomic E-state index is -4.18. The molecule has 2 aliphatic heterocycles. The second-order valence-electron chi connectivity index (χ2n) is 17.7. The average Bonchev–Trinajstić information content (AvgIpc) is 4.12. The van der Waals surface area contributed by atoms with Crippen LogP contribution in [0.25, 0.3) is 22.3 Å². The van der Waals surface area contributed by atoms with Crippen LogP contribution in [0, 0.1) is 11.3 Å². The van der Waals surface area contributed by atoms with E-state index in [-0.39, 0.29) is 52.0 Å². The number of imidazole rings is 2. The molecule has 2 saturated heterocycles. The van der Waals surface area contributed by atoms with Gasteiger partial charge < -0.3 is 38.7 Å². The Labute approximate surface area is 412 Å². The van der Waals surface area contributed by atoms with Gasteiger partial charge in [-0.1, -0.05) is 57.2 Å². The van der Waals surface area contributed by atoms with Crippen LogP contribution >= 0.6 is 15.0 Å². The molecule has 0 spiro atoms.